The third kappa shape index (κ3) is 2.17. The van der Waals surface area contributed by atoms with Gasteiger partial charge in [-0.05, 0) is 26.0 Å². The molecule has 2 rings (SSSR count). The van der Waals surface area contributed by atoms with Gasteiger partial charge in [0.15, 0.2) is 5.69 Å². The molecule has 1 fully saturated rings. The molecule has 0 radical (unpaired) electrons. The van der Waals surface area contributed by atoms with E-state index < -0.39 is 0 Å². The maximum atomic E-state index is 8.94. The number of nitrogens with two attached hydrogens (primary N) is 1. The lowest BCUT2D eigenvalue weighted by atomic mass is 10.0. The zero-order valence-electron chi connectivity index (χ0n) is 10.1. The summed E-state index contributed by atoms with van der Waals surface area (Å²) in [4.78, 5) is 6.44. The minimum Gasteiger partial charge on any atom is -0.396 e. The second kappa shape index (κ2) is 4.22. The third-order valence-electron chi connectivity index (χ3n) is 2.94. The van der Waals surface area contributed by atoms with E-state index in [4.69, 9.17) is 15.7 Å². The smallest absolute Gasteiger partial charge is 0.165 e. The fraction of sp³-hybridized carbons (Fsp3) is 0.500. The Bertz CT molecular complexity index is 464. The molecule has 1 saturated heterocycles. The summed E-state index contributed by atoms with van der Waals surface area (Å²) in [7, 11) is 0. The largest absolute Gasteiger partial charge is 0.396 e. The van der Waals surface area contributed by atoms with Crippen molar-refractivity contribution in [3.63, 3.8) is 0 Å². The summed E-state index contributed by atoms with van der Waals surface area (Å²) in [5, 5.41) is 8.94. The second-order valence-corrected chi connectivity index (χ2v) is 4.74. The number of morpholine rings is 1. The van der Waals surface area contributed by atoms with Crippen LogP contribution in [-0.4, -0.2) is 30.3 Å². The van der Waals surface area contributed by atoms with E-state index in [1.54, 1.807) is 6.07 Å². The van der Waals surface area contributed by atoms with E-state index in [1.165, 1.54) is 0 Å². The van der Waals surface area contributed by atoms with Gasteiger partial charge in [0.2, 0.25) is 0 Å². The van der Waals surface area contributed by atoms with Crippen LogP contribution in [0.3, 0.4) is 0 Å². The van der Waals surface area contributed by atoms with Gasteiger partial charge >= 0.3 is 0 Å². The van der Waals surface area contributed by atoms with Gasteiger partial charge in [-0.25, -0.2) is 4.98 Å². The number of ether oxygens (including phenoxy) is 1. The summed E-state index contributed by atoms with van der Waals surface area (Å²) < 4.78 is 5.46. The van der Waals surface area contributed by atoms with Gasteiger partial charge in [-0.3, -0.25) is 0 Å². The fourth-order valence-corrected chi connectivity index (χ4v) is 1.98. The van der Waals surface area contributed by atoms with Crippen LogP contribution in [0.15, 0.2) is 12.1 Å². The number of pyridine rings is 1. The maximum absolute atomic E-state index is 8.94. The fourth-order valence-electron chi connectivity index (χ4n) is 1.98. The van der Waals surface area contributed by atoms with E-state index in [0.717, 1.165) is 12.4 Å². The number of nitrogens with zero attached hydrogens (tertiary/aromatic N) is 3. The van der Waals surface area contributed by atoms with Crippen molar-refractivity contribution in [1.29, 1.82) is 5.26 Å². The molecule has 0 unspecified atom stereocenters. The zero-order valence-corrected chi connectivity index (χ0v) is 10.1. The average Bonchev–Trinajstić information content (AvgIpc) is 2.30. The summed E-state index contributed by atoms with van der Waals surface area (Å²) in [6.45, 7) is 6.29. The number of hydrogen-bond acceptors (Lipinski definition) is 5. The molecule has 1 aliphatic rings. The van der Waals surface area contributed by atoms with Crippen LogP contribution >= 0.6 is 0 Å². The number of rotatable bonds is 1. The lowest BCUT2D eigenvalue weighted by Gasteiger charge is -2.43. The number of anilines is 2. The third-order valence-corrected chi connectivity index (χ3v) is 2.94. The minimum atomic E-state index is -0.117. The Labute approximate surface area is 101 Å². The average molecular weight is 232 g/mol. The van der Waals surface area contributed by atoms with Crippen molar-refractivity contribution in [2.45, 2.75) is 19.4 Å². The number of nitrogen functional groups attached to an aromatic ring is 1. The molecular formula is C12H16N4O. The van der Waals surface area contributed by atoms with Gasteiger partial charge < -0.3 is 15.4 Å². The molecule has 2 N–H and O–H groups in total. The van der Waals surface area contributed by atoms with Gasteiger partial charge in [-0.1, -0.05) is 0 Å². The van der Waals surface area contributed by atoms with Crippen LogP contribution in [0.2, 0.25) is 0 Å². The highest BCUT2D eigenvalue weighted by atomic mass is 16.5. The van der Waals surface area contributed by atoms with Crippen molar-refractivity contribution < 1.29 is 4.74 Å². The van der Waals surface area contributed by atoms with E-state index in [1.807, 2.05) is 12.1 Å². The molecule has 1 aromatic heterocycles. The molecule has 0 atom stereocenters. The molecular weight excluding hydrogens is 216 g/mol. The molecule has 0 aromatic carbocycles. The molecule has 1 aliphatic heterocycles. The van der Waals surface area contributed by atoms with Gasteiger partial charge in [0.25, 0.3) is 0 Å². The summed E-state index contributed by atoms with van der Waals surface area (Å²) in [6.07, 6.45) is 0. The molecule has 2 heterocycles. The van der Waals surface area contributed by atoms with Crippen LogP contribution in [0, 0.1) is 11.3 Å². The first-order valence-electron chi connectivity index (χ1n) is 5.56. The molecule has 90 valence electrons. The molecule has 0 saturated carbocycles. The topological polar surface area (TPSA) is 75.2 Å². The number of nitriles is 1. The summed E-state index contributed by atoms with van der Waals surface area (Å²) >= 11 is 0. The van der Waals surface area contributed by atoms with Crippen molar-refractivity contribution in [3.05, 3.63) is 17.8 Å². The standard InChI is InChI=1S/C12H16N4O/c1-12(2)8-17-6-5-16(12)11-4-3-9(14)10(7-13)15-11/h3-4H,5-6,8,14H2,1-2H3. The Morgan fingerprint density at radius 1 is 1.53 bits per heavy atom. The minimum absolute atomic E-state index is 0.117. The summed E-state index contributed by atoms with van der Waals surface area (Å²) in [5.74, 6) is 0.782. The van der Waals surface area contributed by atoms with Crippen LogP contribution in [0.5, 0.6) is 0 Å². The van der Waals surface area contributed by atoms with E-state index in [2.05, 4.69) is 23.7 Å². The molecule has 5 heteroatoms. The first kappa shape index (κ1) is 11.7. The highest BCUT2D eigenvalue weighted by Crippen LogP contribution is 2.26. The first-order chi connectivity index (χ1) is 8.04. The molecule has 0 spiro atoms. The highest BCUT2D eigenvalue weighted by molar-refractivity contribution is 5.56. The normalized spacial score (nSPS) is 18.8. The predicted octanol–water partition coefficient (Wildman–Crippen LogP) is 1.15. The number of aromatic nitrogens is 1. The van der Waals surface area contributed by atoms with Crippen molar-refractivity contribution in [2.24, 2.45) is 0 Å². The van der Waals surface area contributed by atoms with Gasteiger partial charge in [0.1, 0.15) is 11.9 Å². The molecule has 0 aliphatic carbocycles. The van der Waals surface area contributed by atoms with Gasteiger partial charge in [0.05, 0.1) is 24.4 Å². The van der Waals surface area contributed by atoms with E-state index in [9.17, 15) is 0 Å². The van der Waals surface area contributed by atoms with Crippen LogP contribution in [0.25, 0.3) is 0 Å². The molecule has 1 aromatic rings. The van der Waals surface area contributed by atoms with E-state index in [0.29, 0.717) is 18.9 Å². The van der Waals surface area contributed by atoms with Crippen molar-refractivity contribution in [3.8, 4) is 6.07 Å². The number of hydrogen-bond donors (Lipinski definition) is 1. The summed E-state index contributed by atoms with van der Waals surface area (Å²) in [5.41, 5.74) is 6.25. The Morgan fingerprint density at radius 3 is 2.94 bits per heavy atom. The molecule has 0 amide bonds. The van der Waals surface area contributed by atoms with Crippen molar-refractivity contribution in [1.82, 2.24) is 4.98 Å². The van der Waals surface area contributed by atoms with E-state index >= 15 is 0 Å². The van der Waals surface area contributed by atoms with Crippen LogP contribution in [-0.2, 0) is 4.74 Å². The molecule has 0 bridgehead atoms. The lowest BCUT2D eigenvalue weighted by molar-refractivity contribution is 0.0639. The summed E-state index contributed by atoms with van der Waals surface area (Å²) in [6, 6.07) is 5.59. The second-order valence-electron chi connectivity index (χ2n) is 4.74. The Balaban J connectivity index is 2.36. The monoisotopic (exact) mass is 232 g/mol. The first-order valence-corrected chi connectivity index (χ1v) is 5.56. The zero-order chi connectivity index (χ0) is 12.5. The van der Waals surface area contributed by atoms with Crippen LogP contribution in [0.1, 0.15) is 19.5 Å². The SMILES string of the molecule is CC1(C)COCCN1c1ccc(N)c(C#N)n1. The Hall–Kier alpha value is -1.80. The predicted molar refractivity (Wildman–Crippen MR) is 65.6 cm³/mol. The van der Waals surface area contributed by atoms with Crippen LogP contribution < -0.4 is 10.6 Å². The van der Waals surface area contributed by atoms with Gasteiger partial charge in [0, 0.05) is 6.54 Å². The van der Waals surface area contributed by atoms with Gasteiger partial charge in [-0.15, -0.1) is 0 Å². The molecule has 5 nitrogen and oxygen atoms in total. The van der Waals surface area contributed by atoms with Crippen LogP contribution in [0.4, 0.5) is 11.5 Å². The Morgan fingerprint density at radius 2 is 2.29 bits per heavy atom. The maximum Gasteiger partial charge on any atom is 0.165 e. The van der Waals surface area contributed by atoms with E-state index in [-0.39, 0.29) is 11.2 Å². The van der Waals surface area contributed by atoms with Crippen molar-refractivity contribution in [2.75, 3.05) is 30.4 Å². The van der Waals surface area contributed by atoms with Gasteiger partial charge in [-0.2, -0.15) is 5.26 Å². The van der Waals surface area contributed by atoms with Crippen molar-refractivity contribution >= 4 is 11.5 Å². The highest BCUT2D eigenvalue weighted by Gasteiger charge is 2.31. The Kier molecular flexibility index (Phi) is 2.90. The molecule has 17 heavy (non-hydrogen) atoms. The lowest BCUT2D eigenvalue weighted by Crippen LogP contribution is -2.53. The quantitative estimate of drug-likeness (QED) is 0.786.